The van der Waals surface area contributed by atoms with Crippen LogP contribution in [0.3, 0.4) is 0 Å². The van der Waals surface area contributed by atoms with Crippen LogP contribution in [0.2, 0.25) is 0 Å². The molecule has 5 heteroatoms. The van der Waals surface area contributed by atoms with E-state index < -0.39 is 0 Å². The standard InChI is InChI=1S/C14H13Br2FN2/c1-8-5-11(7-18-14(8)16)19-9(2)12-4-3-10(15)6-13(12)17/h3-7,9,19H,1-2H3. The van der Waals surface area contributed by atoms with E-state index >= 15 is 0 Å². The Bertz CT molecular complexity index is 602. The lowest BCUT2D eigenvalue weighted by Gasteiger charge is -2.17. The number of hydrogen-bond donors (Lipinski definition) is 1. The molecule has 1 heterocycles. The summed E-state index contributed by atoms with van der Waals surface area (Å²) in [7, 11) is 0. The average Bonchev–Trinajstić information content (AvgIpc) is 2.33. The van der Waals surface area contributed by atoms with Gasteiger partial charge in [0.15, 0.2) is 0 Å². The quantitative estimate of drug-likeness (QED) is 0.729. The molecule has 1 N–H and O–H groups in total. The number of aromatic nitrogens is 1. The van der Waals surface area contributed by atoms with Gasteiger partial charge in [-0.05, 0) is 53.5 Å². The van der Waals surface area contributed by atoms with E-state index in [0.717, 1.165) is 20.3 Å². The maximum atomic E-state index is 13.9. The highest BCUT2D eigenvalue weighted by atomic mass is 79.9. The fourth-order valence-electron chi connectivity index (χ4n) is 1.82. The SMILES string of the molecule is Cc1cc(NC(C)c2ccc(Br)cc2F)cnc1Br. The average molecular weight is 388 g/mol. The van der Waals surface area contributed by atoms with Crippen molar-refractivity contribution in [1.82, 2.24) is 4.98 Å². The molecule has 100 valence electrons. The zero-order valence-corrected chi connectivity index (χ0v) is 13.7. The number of hydrogen-bond acceptors (Lipinski definition) is 2. The first-order valence-corrected chi connectivity index (χ1v) is 7.39. The summed E-state index contributed by atoms with van der Waals surface area (Å²) in [4.78, 5) is 4.21. The second-order valence-corrected chi connectivity index (χ2v) is 6.03. The summed E-state index contributed by atoms with van der Waals surface area (Å²) in [5.74, 6) is -0.226. The Balaban J connectivity index is 2.20. The van der Waals surface area contributed by atoms with Crippen LogP contribution in [0.4, 0.5) is 10.1 Å². The van der Waals surface area contributed by atoms with Gasteiger partial charge in [0.2, 0.25) is 0 Å². The maximum absolute atomic E-state index is 13.9. The molecule has 0 radical (unpaired) electrons. The molecule has 0 bridgehead atoms. The van der Waals surface area contributed by atoms with Crippen molar-refractivity contribution in [1.29, 1.82) is 0 Å². The highest BCUT2D eigenvalue weighted by molar-refractivity contribution is 9.10. The highest BCUT2D eigenvalue weighted by Crippen LogP contribution is 2.25. The number of rotatable bonds is 3. The number of nitrogens with one attached hydrogen (secondary N) is 1. The Morgan fingerprint density at radius 2 is 2.00 bits per heavy atom. The smallest absolute Gasteiger partial charge is 0.129 e. The second-order valence-electron chi connectivity index (χ2n) is 4.36. The topological polar surface area (TPSA) is 24.9 Å². The molecule has 0 aliphatic carbocycles. The van der Waals surface area contributed by atoms with Gasteiger partial charge in [-0.15, -0.1) is 0 Å². The summed E-state index contributed by atoms with van der Waals surface area (Å²) < 4.78 is 15.4. The fraction of sp³-hybridized carbons (Fsp3) is 0.214. The zero-order chi connectivity index (χ0) is 14.0. The van der Waals surface area contributed by atoms with E-state index in [-0.39, 0.29) is 11.9 Å². The minimum absolute atomic E-state index is 0.129. The van der Waals surface area contributed by atoms with E-state index in [0.29, 0.717) is 5.56 Å². The molecule has 0 aliphatic heterocycles. The zero-order valence-electron chi connectivity index (χ0n) is 10.5. The van der Waals surface area contributed by atoms with Crippen molar-refractivity contribution >= 4 is 37.5 Å². The van der Waals surface area contributed by atoms with Gasteiger partial charge in [-0.25, -0.2) is 9.37 Å². The minimum atomic E-state index is -0.226. The van der Waals surface area contributed by atoms with Gasteiger partial charge in [0.25, 0.3) is 0 Å². The van der Waals surface area contributed by atoms with Gasteiger partial charge in [0, 0.05) is 10.0 Å². The lowest BCUT2D eigenvalue weighted by molar-refractivity contribution is 0.599. The fourth-order valence-corrected chi connectivity index (χ4v) is 2.37. The second kappa shape index (κ2) is 6.01. The largest absolute Gasteiger partial charge is 0.377 e. The third-order valence-electron chi connectivity index (χ3n) is 2.83. The predicted molar refractivity (Wildman–Crippen MR) is 82.8 cm³/mol. The van der Waals surface area contributed by atoms with Crippen molar-refractivity contribution in [3.05, 3.63) is 56.5 Å². The highest BCUT2D eigenvalue weighted by Gasteiger charge is 2.11. The van der Waals surface area contributed by atoms with Gasteiger partial charge in [-0.3, -0.25) is 0 Å². The summed E-state index contributed by atoms with van der Waals surface area (Å²) in [5, 5.41) is 3.25. The van der Waals surface area contributed by atoms with Crippen molar-refractivity contribution < 1.29 is 4.39 Å². The summed E-state index contributed by atoms with van der Waals surface area (Å²) in [6, 6.07) is 6.93. The molecule has 1 unspecified atom stereocenters. The molecule has 2 aromatic rings. The minimum Gasteiger partial charge on any atom is -0.377 e. The molecule has 2 nitrogen and oxygen atoms in total. The lowest BCUT2D eigenvalue weighted by Crippen LogP contribution is -2.09. The first-order chi connectivity index (χ1) is 8.97. The van der Waals surface area contributed by atoms with Crippen LogP contribution in [-0.2, 0) is 0 Å². The van der Waals surface area contributed by atoms with Crippen LogP contribution < -0.4 is 5.32 Å². The molecule has 1 atom stereocenters. The van der Waals surface area contributed by atoms with Gasteiger partial charge < -0.3 is 5.32 Å². The summed E-state index contributed by atoms with van der Waals surface area (Å²) in [6.07, 6.45) is 1.73. The van der Waals surface area contributed by atoms with E-state index in [1.54, 1.807) is 12.3 Å². The number of halogens is 3. The summed E-state index contributed by atoms with van der Waals surface area (Å²) in [5.41, 5.74) is 2.53. The molecule has 2 rings (SSSR count). The number of nitrogens with zero attached hydrogens (tertiary/aromatic N) is 1. The Labute approximate surface area is 128 Å². The van der Waals surface area contributed by atoms with Crippen LogP contribution in [0.1, 0.15) is 24.1 Å². The van der Waals surface area contributed by atoms with Gasteiger partial charge >= 0.3 is 0 Å². The number of pyridine rings is 1. The van der Waals surface area contributed by atoms with Crippen molar-refractivity contribution in [3.63, 3.8) is 0 Å². The maximum Gasteiger partial charge on any atom is 0.129 e. The van der Waals surface area contributed by atoms with Gasteiger partial charge in [0.1, 0.15) is 10.4 Å². The van der Waals surface area contributed by atoms with Crippen molar-refractivity contribution in [2.45, 2.75) is 19.9 Å². The van der Waals surface area contributed by atoms with E-state index in [1.807, 2.05) is 26.0 Å². The van der Waals surface area contributed by atoms with Crippen LogP contribution in [0.25, 0.3) is 0 Å². The molecule has 0 saturated heterocycles. The van der Waals surface area contributed by atoms with Crippen LogP contribution >= 0.6 is 31.9 Å². The van der Waals surface area contributed by atoms with E-state index in [4.69, 9.17) is 0 Å². The molecule has 0 saturated carbocycles. The molecular weight excluding hydrogens is 375 g/mol. The van der Waals surface area contributed by atoms with Gasteiger partial charge in [0.05, 0.1) is 17.9 Å². The first-order valence-electron chi connectivity index (χ1n) is 5.81. The van der Waals surface area contributed by atoms with Crippen molar-refractivity contribution in [3.8, 4) is 0 Å². The van der Waals surface area contributed by atoms with Crippen LogP contribution in [-0.4, -0.2) is 4.98 Å². The van der Waals surface area contributed by atoms with Crippen LogP contribution in [0.5, 0.6) is 0 Å². The molecule has 0 spiro atoms. The normalized spacial score (nSPS) is 12.3. The summed E-state index contributed by atoms with van der Waals surface area (Å²) >= 11 is 6.61. The van der Waals surface area contributed by atoms with Crippen LogP contribution in [0, 0.1) is 12.7 Å². The monoisotopic (exact) mass is 386 g/mol. The number of aryl methyl sites for hydroxylation is 1. The molecule has 0 aliphatic rings. The lowest BCUT2D eigenvalue weighted by atomic mass is 10.1. The Morgan fingerprint density at radius 1 is 1.26 bits per heavy atom. The predicted octanol–water partition coefficient (Wildman–Crippen LogP) is 5.23. The van der Waals surface area contributed by atoms with Gasteiger partial charge in [-0.2, -0.15) is 0 Å². The van der Waals surface area contributed by atoms with Crippen molar-refractivity contribution in [2.24, 2.45) is 0 Å². The van der Waals surface area contributed by atoms with E-state index in [1.165, 1.54) is 6.07 Å². The summed E-state index contributed by atoms with van der Waals surface area (Å²) in [6.45, 7) is 3.89. The molecule has 0 fully saturated rings. The molecule has 1 aromatic carbocycles. The number of benzene rings is 1. The Kier molecular flexibility index (Phi) is 4.58. The third kappa shape index (κ3) is 3.54. The third-order valence-corrected chi connectivity index (χ3v) is 4.15. The van der Waals surface area contributed by atoms with Gasteiger partial charge in [-0.1, -0.05) is 22.0 Å². The first kappa shape index (κ1) is 14.5. The number of anilines is 1. The molecule has 1 aromatic heterocycles. The van der Waals surface area contributed by atoms with E-state index in [9.17, 15) is 4.39 Å². The van der Waals surface area contributed by atoms with E-state index in [2.05, 4.69) is 42.2 Å². The van der Waals surface area contributed by atoms with Crippen LogP contribution in [0.15, 0.2) is 39.5 Å². The molecular formula is C14H13Br2FN2. The van der Waals surface area contributed by atoms with Crippen molar-refractivity contribution in [2.75, 3.05) is 5.32 Å². The Hall–Kier alpha value is -0.940. The molecule has 0 amide bonds. The molecule has 19 heavy (non-hydrogen) atoms. The Morgan fingerprint density at radius 3 is 2.63 bits per heavy atom.